The average Bonchev–Trinajstić information content (AvgIpc) is 2.67. The summed E-state index contributed by atoms with van der Waals surface area (Å²) in [4.78, 5) is 21.7. The number of rotatable bonds is 4. The Morgan fingerprint density at radius 2 is 2.00 bits per heavy atom. The summed E-state index contributed by atoms with van der Waals surface area (Å²) in [7, 11) is 3.18. The highest BCUT2D eigenvalue weighted by Gasteiger charge is 2.30. The van der Waals surface area contributed by atoms with Crippen molar-refractivity contribution in [2.24, 2.45) is 0 Å². The fraction of sp³-hybridized carbons (Fsp3) is 0.300. The minimum absolute atomic E-state index is 0.236. The van der Waals surface area contributed by atoms with Gasteiger partial charge in [-0.3, -0.25) is 9.69 Å². The molecule has 3 aromatic rings. The van der Waals surface area contributed by atoms with E-state index in [2.05, 4.69) is 9.97 Å². The van der Waals surface area contributed by atoms with Gasteiger partial charge in [-0.1, -0.05) is 11.6 Å². The van der Waals surface area contributed by atoms with Gasteiger partial charge in [0.05, 0.1) is 37.8 Å². The number of hydrogen-bond acceptors (Lipinski definition) is 6. The summed E-state index contributed by atoms with van der Waals surface area (Å²) in [6, 6.07) is 8.66. The Hall–Kier alpha value is -2.61. The molecule has 0 radical (unpaired) electrons. The zero-order valence-electron chi connectivity index (χ0n) is 15.5. The quantitative estimate of drug-likeness (QED) is 0.698. The van der Waals surface area contributed by atoms with Crippen LogP contribution in [0.3, 0.4) is 0 Å². The number of hydrogen-bond donors (Lipinski definition) is 2. The number of H-pyrrole nitrogens is 1. The molecule has 1 aromatic heterocycles. The van der Waals surface area contributed by atoms with Crippen LogP contribution in [-0.2, 0) is 13.1 Å². The fourth-order valence-corrected chi connectivity index (χ4v) is 3.88. The number of aliphatic hydroxyl groups excluding tert-OH is 1. The van der Waals surface area contributed by atoms with Crippen LogP contribution >= 0.6 is 11.6 Å². The number of fused-ring (bicyclic) bond motifs is 2. The van der Waals surface area contributed by atoms with Crippen molar-refractivity contribution in [3.8, 4) is 11.5 Å². The summed E-state index contributed by atoms with van der Waals surface area (Å²) < 4.78 is 10.9. The van der Waals surface area contributed by atoms with Gasteiger partial charge >= 0.3 is 0 Å². The van der Waals surface area contributed by atoms with Crippen LogP contribution in [-0.4, -0.2) is 40.7 Å². The van der Waals surface area contributed by atoms with Gasteiger partial charge in [0.1, 0.15) is 17.3 Å². The Morgan fingerprint density at radius 3 is 2.75 bits per heavy atom. The molecule has 8 heteroatoms. The molecule has 1 aliphatic heterocycles. The zero-order chi connectivity index (χ0) is 19.8. The maximum atomic E-state index is 12.4. The third-order valence-electron chi connectivity index (χ3n) is 4.95. The summed E-state index contributed by atoms with van der Waals surface area (Å²) in [5, 5.41) is 11.7. The predicted molar refractivity (Wildman–Crippen MR) is 106 cm³/mol. The Balaban J connectivity index is 1.67. The van der Waals surface area contributed by atoms with Crippen LogP contribution in [0, 0.1) is 0 Å². The first-order valence-corrected chi connectivity index (χ1v) is 9.20. The number of ether oxygens (including phenoxy) is 2. The van der Waals surface area contributed by atoms with E-state index in [0.717, 1.165) is 11.1 Å². The molecule has 0 amide bonds. The number of nitrogens with zero attached hydrogens (tertiary/aromatic N) is 2. The standard InChI is InChI=1S/C20H20ClN3O4/c1-27-16-5-6-17(28-2)19-13(16)8-24(9-15(19)25)10-18-22-14-4-3-11(21)7-12(14)20(26)23-18/h3-7,15,25H,8-10H2,1-2H3,(H,22,23,26)/t15-/m1/s1. The lowest BCUT2D eigenvalue weighted by Crippen LogP contribution is -2.34. The molecular formula is C20H20ClN3O4. The van der Waals surface area contributed by atoms with Crippen molar-refractivity contribution in [1.29, 1.82) is 0 Å². The van der Waals surface area contributed by atoms with E-state index in [1.807, 2.05) is 11.0 Å². The van der Waals surface area contributed by atoms with Crippen LogP contribution in [0.1, 0.15) is 23.1 Å². The lowest BCUT2D eigenvalue weighted by Gasteiger charge is -2.33. The van der Waals surface area contributed by atoms with Gasteiger partial charge in [-0.15, -0.1) is 0 Å². The number of methoxy groups -OCH3 is 2. The van der Waals surface area contributed by atoms with E-state index in [1.165, 1.54) is 0 Å². The van der Waals surface area contributed by atoms with Gasteiger partial charge in [-0.2, -0.15) is 0 Å². The van der Waals surface area contributed by atoms with Crippen molar-refractivity contribution in [1.82, 2.24) is 14.9 Å². The highest BCUT2D eigenvalue weighted by molar-refractivity contribution is 6.31. The van der Waals surface area contributed by atoms with E-state index in [9.17, 15) is 9.90 Å². The second kappa shape index (κ2) is 7.43. The topological polar surface area (TPSA) is 87.7 Å². The Bertz CT molecular complexity index is 1100. The van der Waals surface area contributed by atoms with E-state index in [-0.39, 0.29) is 5.56 Å². The van der Waals surface area contributed by atoms with Crippen LogP contribution in [0.4, 0.5) is 0 Å². The Labute approximate surface area is 166 Å². The van der Waals surface area contributed by atoms with Crippen molar-refractivity contribution in [2.45, 2.75) is 19.2 Å². The van der Waals surface area contributed by atoms with E-state index >= 15 is 0 Å². The number of β-amino-alcohol motifs (C(OH)–C–C–N with tert-alkyl or cyclic N) is 1. The van der Waals surface area contributed by atoms with Crippen LogP contribution in [0.2, 0.25) is 5.02 Å². The van der Waals surface area contributed by atoms with Crippen molar-refractivity contribution >= 4 is 22.5 Å². The van der Waals surface area contributed by atoms with Crippen LogP contribution in [0.5, 0.6) is 11.5 Å². The Morgan fingerprint density at radius 1 is 1.25 bits per heavy atom. The number of benzene rings is 2. The number of nitrogens with one attached hydrogen (secondary N) is 1. The van der Waals surface area contributed by atoms with Gasteiger partial charge in [0.25, 0.3) is 5.56 Å². The molecule has 146 valence electrons. The molecule has 0 bridgehead atoms. The van der Waals surface area contributed by atoms with E-state index in [1.54, 1.807) is 38.5 Å². The second-order valence-electron chi connectivity index (χ2n) is 6.72. The van der Waals surface area contributed by atoms with Gasteiger partial charge in [-0.25, -0.2) is 4.98 Å². The number of aliphatic hydroxyl groups is 1. The average molecular weight is 402 g/mol. The van der Waals surface area contributed by atoms with E-state index in [4.69, 9.17) is 21.1 Å². The predicted octanol–water partition coefficient (Wildman–Crippen LogP) is 2.64. The van der Waals surface area contributed by atoms with Crippen molar-refractivity contribution in [3.05, 3.63) is 62.7 Å². The smallest absolute Gasteiger partial charge is 0.258 e. The van der Waals surface area contributed by atoms with E-state index in [0.29, 0.717) is 52.9 Å². The lowest BCUT2D eigenvalue weighted by atomic mass is 9.95. The first-order valence-electron chi connectivity index (χ1n) is 8.82. The summed E-state index contributed by atoms with van der Waals surface area (Å²) in [5.41, 5.74) is 1.96. The van der Waals surface area contributed by atoms with Gasteiger partial charge in [-0.05, 0) is 30.3 Å². The minimum atomic E-state index is -0.736. The third kappa shape index (κ3) is 3.32. The largest absolute Gasteiger partial charge is 0.496 e. The highest BCUT2D eigenvalue weighted by Crippen LogP contribution is 2.39. The zero-order valence-corrected chi connectivity index (χ0v) is 16.3. The molecule has 7 nitrogen and oxygen atoms in total. The second-order valence-corrected chi connectivity index (χ2v) is 7.16. The molecule has 0 spiro atoms. The monoisotopic (exact) mass is 401 g/mol. The molecule has 1 atom stereocenters. The SMILES string of the molecule is COc1ccc(OC)c2c1CN(Cc1nc3ccc(Cl)cc3c(=O)[nH]1)C[C@H]2O. The molecule has 0 fully saturated rings. The molecule has 2 aromatic carbocycles. The van der Waals surface area contributed by atoms with Gasteiger partial charge in [0.2, 0.25) is 0 Å². The van der Waals surface area contributed by atoms with Crippen molar-refractivity contribution < 1.29 is 14.6 Å². The first-order chi connectivity index (χ1) is 13.5. The molecule has 2 heterocycles. The fourth-order valence-electron chi connectivity index (χ4n) is 3.71. The molecule has 0 unspecified atom stereocenters. The molecule has 28 heavy (non-hydrogen) atoms. The molecule has 4 rings (SSSR count). The third-order valence-corrected chi connectivity index (χ3v) is 5.18. The lowest BCUT2D eigenvalue weighted by molar-refractivity contribution is 0.0828. The normalized spacial score (nSPS) is 16.8. The van der Waals surface area contributed by atoms with Crippen LogP contribution in [0.25, 0.3) is 10.9 Å². The molecule has 0 saturated carbocycles. The molecular weight excluding hydrogens is 382 g/mol. The summed E-state index contributed by atoms with van der Waals surface area (Å²) in [6.45, 7) is 1.30. The molecule has 1 aliphatic rings. The van der Waals surface area contributed by atoms with Crippen molar-refractivity contribution in [3.63, 3.8) is 0 Å². The number of halogens is 1. The number of aromatic amines is 1. The Kier molecular flexibility index (Phi) is 4.97. The molecule has 0 aliphatic carbocycles. The molecule has 0 saturated heterocycles. The van der Waals surface area contributed by atoms with Gasteiger partial charge in [0, 0.05) is 29.2 Å². The highest BCUT2D eigenvalue weighted by atomic mass is 35.5. The van der Waals surface area contributed by atoms with Crippen molar-refractivity contribution in [2.75, 3.05) is 20.8 Å². The minimum Gasteiger partial charge on any atom is -0.496 e. The van der Waals surface area contributed by atoms with E-state index < -0.39 is 6.10 Å². The summed E-state index contributed by atoms with van der Waals surface area (Å²) in [6.07, 6.45) is -0.736. The van der Waals surface area contributed by atoms with Crippen LogP contribution in [0.15, 0.2) is 35.1 Å². The van der Waals surface area contributed by atoms with Gasteiger partial charge < -0.3 is 19.6 Å². The first kappa shape index (κ1) is 18.7. The summed E-state index contributed by atoms with van der Waals surface area (Å²) >= 11 is 5.96. The summed E-state index contributed by atoms with van der Waals surface area (Å²) in [5.74, 6) is 1.85. The maximum Gasteiger partial charge on any atom is 0.258 e. The molecule has 2 N–H and O–H groups in total. The maximum absolute atomic E-state index is 12.4. The number of aromatic nitrogens is 2. The van der Waals surface area contributed by atoms with Crippen LogP contribution < -0.4 is 15.0 Å². The van der Waals surface area contributed by atoms with Gasteiger partial charge in [0.15, 0.2) is 0 Å².